The Bertz CT molecular complexity index is 379. The van der Waals surface area contributed by atoms with Crippen LogP contribution in [0, 0.1) is 11.6 Å². The van der Waals surface area contributed by atoms with Gasteiger partial charge < -0.3 is 5.73 Å². The Morgan fingerprint density at radius 1 is 1.24 bits per heavy atom. The van der Waals surface area contributed by atoms with E-state index < -0.39 is 23.1 Å². The number of thioether (sulfide) groups is 1. The van der Waals surface area contributed by atoms with Crippen LogP contribution in [0.1, 0.15) is 6.42 Å². The average molecular weight is 271 g/mol. The van der Waals surface area contributed by atoms with E-state index in [2.05, 4.69) is 0 Å². The maximum Gasteiger partial charge on any atom is 0.400 e. The van der Waals surface area contributed by atoms with E-state index >= 15 is 0 Å². The molecule has 2 N–H and O–H groups in total. The molecule has 1 aromatic rings. The fourth-order valence-corrected chi connectivity index (χ4v) is 2.22. The first-order chi connectivity index (χ1) is 7.84. The standard InChI is InChI=1S/C10H10F5NS/c11-6-1-2-7(12)8(5-6)17-9(3-4-16)10(13,14)15/h1-2,5,9H,3-4,16H2. The van der Waals surface area contributed by atoms with Crippen molar-refractivity contribution in [3.63, 3.8) is 0 Å². The van der Waals surface area contributed by atoms with Crippen LogP contribution in [0.2, 0.25) is 0 Å². The molecule has 0 aliphatic carbocycles. The molecule has 0 aliphatic rings. The van der Waals surface area contributed by atoms with Gasteiger partial charge >= 0.3 is 6.18 Å². The van der Waals surface area contributed by atoms with Gasteiger partial charge in [-0.3, -0.25) is 0 Å². The Morgan fingerprint density at radius 2 is 1.88 bits per heavy atom. The highest BCUT2D eigenvalue weighted by Gasteiger charge is 2.40. The summed E-state index contributed by atoms with van der Waals surface area (Å²) in [5.74, 6) is -1.65. The van der Waals surface area contributed by atoms with Gasteiger partial charge in [0.2, 0.25) is 0 Å². The van der Waals surface area contributed by atoms with E-state index in [1.807, 2.05) is 0 Å². The Balaban J connectivity index is 2.89. The first-order valence-electron chi connectivity index (χ1n) is 4.73. The molecule has 0 radical (unpaired) electrons. The normalized spacial score (nSPS) is 13.8. The molecule has 0 fully saturated rings. The van der Waals surface area contributed by atoms with Crippen molar-refractivity contribution in [2.45, 2.75) is 22.7 Å². The third kappa shape index (κ3) is 4.16. The zero-order valence-electron chi connectivity index (χ0n) is 8.60. The molecule has 0 spiro atoms. The molecular formula is C10H10F5NS. The summed E-state index contributed by atoms with van der Waals surface area (Å²) in [5, 5.41) is -1.83. The summed E-state index contributed by atoms with van der Waals surface area (Å²) in [4.78, 5) is -0.360. The van der Waals surface area contributed by atoms with E-state index in [1.165, 1.54) is 0 Å². The lowest BCUT2D eigenvalue weighted by atomic mass is 10.3. The molecule has 0 bridgehead atoms. The molecule has 1 nitrogen and oxygen atoms in total. The third-order valence-electron chi connectivity index (χ3n) is 1.96. The highest BCUT2D eigenvalue weighted by atomic mass is 32.2. The van der Waals surface area contributed by atoms with Crippen molar-refractivity contribution >= 4 is 11.8 Å². The van der Waals surface area contributed by atoms with Gasteiger partial charge in [0.1, 0.15) is 16.9 Å². The van der Waals surface area contributed by atoms with E-state index in [9.17, 15) is 22.0 Å². The summed E-state index contributed by atoms with van der Waals surface area (Å²) < 4.78 is 63.6. The Kier molecular flexibility index (Phi) is 4.76. The molecule has 0 saturated heterocycles. The van der Waals surface area contributed by atoms with Gasteiger partial charge in [0.25, 0.3) is 0 Å². The van der Waals surface area contributed by atoms with Crippen LogP contribution in [-0.4, -0.2) is 18.0 Å². The van der Waals surface area contributed by atoms with Crippen molar-refractivity contribution in [2.75, 3.05) is 6.54 Å². The smallest absolute Gasteiger partial charge is 0.330 e. The van der Waals surface area contributed by atoms with Crippen LogP contribution in [0.5, 0.6) is 0 Å². The number of hydrogen-bond acceptors (Lipinski definition) is 2. The zero-order chi connectivity index (χ0) is 13.1. The van der Waals surface area contributed by atoms with Gasteiger partial charge in [-0.15, -0.1) is 11.8 Å². The molecule has 0 saturated carbocycles. The van der Waals surface area contributed by atoms with E-state index in [1.54, 1.807) is 0 Å². The average Bonchev–Trinajstić information content (AvgIpc) is 2.21. The fourth-order valence-electron chi connectivity index (χ4n) is 1.16. The van der Waals surface area contributed by atoms with Crippen molar-refractivity contribution in [2.24, 2.45) is 5.73 Å². The lowest BCUT2D eigenvalue weighted by Gasteiger charge is -2.19. The largest absolute Gasteiger partial charge is 0.400 e. The Hall–Kier alpha value is -0.820. The minimum Gasteiger partial charge on any atom is -0.330 e. The van der Waals surface area contributed by atoms with Crippen LogP contribution in [0.25, 0.3) is 0 Å². The molecule has 1 atom stereocenters. The highest BCUT2D eigenvalue weighted by Crippen LogP contribution is 2.38. The second-order valence-electron chi connectivity index (χ2n) is 3.30. The van der Waals surface area contributed by atoms with Gasteiger partial charge in [-0.2, -0.15) is 13.2 Å². The van der Waals surface area contributed by atoms with E-state index in [0.717, 1.165) is 18.2 Å². The van der Waals surface area contributed by atoms with Crippen LogP contribution < -0.4 is 5.73 Å². The van der Waals surface area contributed by atoms with Crippen molar-refractivity contribution in [1.29, 1.82) is 0 Å². The summed E-state index contributed by atoms with van der Waals surface area (Å²) >= 11 is 0.241. The SMILES string of the molecule is NCCC(Sc1cc(F)ccc1F)C(F)(F)F. The predicted octanol–water partition coefficient (Wildman–Crippen LogP) is 3.34. The quantitative estimate of drug-likeness (QED) is 0.671. The zero-order valence-corrected chi connectivity index (χ0v) is 9.42. The molecule has 1 rings (SSSR count). The van der Waals surface area contributed by atoms with Gasteiger partial charge in [0.05, 0.1) is 0 Å². The number of nitrogens with two attached hydrogens (primary N) is 1. The summed E-state index contributed by atoms with van der Waals surface area (Å²) in [6.07, 6.45) is -4.84. The van der Waals surface area contributed by atoms with Crippen molar-refractivity contribution in [3.8, 4) is 0 Å². The summed E-state index contributed by atoms with van der Waals surface area (Å²) in [6, 6.07) is 2.40. The van der Waals surface area contributed by atoms with Crippen molar-refractivity contribution in [3.05, 3.63) is 29.8 Å². The number of rotatable bonds is 4. The van der Waals surface area contributed by atoms with Crippen LogP contribution >= 0.6 is 11.8 Å². The van der Waals surface area contributed by atoms with Gasteiger partial charge in [0, 0.05) is 4.90 Å². The Labute approximate surface area is 99.2 Å². The van der Waals surface area contributed by atoms with E-state index in [4.69, 9.17) is 5.73 Å². The molecule has 1 unspecified atom stereocenters. The molecular weight excluding hydrogens is 261 g/mol. The van der Waals surface area contributed by atoms with Crippen LogP contribution in [0.3, 0.4) is 0 Å². The number of benzene rings is 1. The second-order valence-corrected chi connectivity index (χ2v) is 4.54. The Morgan fingerprint density at radius 3 is 2.41 bits per heavy atom. The van der Waals surface area contributed by atoms with Crippen LogP contribution in [0.15, 0.2) is 23.1 Å². The van der Waals surface area contributed by atoms with Gasteiger partial charge in [-0.1, -0.05) is 0 Å². The molecule has 0 aliphatic heterocycles. The van der Waals surface area contributed by atoms with Crippen LogP contribution in [-0.2, 0) is 0 Å². The minimum absolute atomic E-state index is 0.173. The maximum atomic E-state index is 13.2. The topological polar surface area (TPSA) is 26.0 Å². The molecule has 96 valence electrons. The monoisotopic (exact) mass is 271 g/mol. The molecule has 0 aromatic heterocycles. The summed E-state index contributed by atoms with van der Waals surface area (Å²) in [7, 11) is 0. The number of halogens is 5. The molecule has 17 heavy (non-hydrogen) atoms. The van der Waals surface area contributed by atoms with Crippen molar-refractivity contribution in [1.82, 2.24) is 0 Å². The number of hydrogen-bond donors (Lipinski definition) is 1. The van der Waals surface area contributed by atoms with E-state index in [0.29, 0.717) is 0 Å². The maximum absolute atomic E-state index is 13.2. The minimum atomic E-state index is -4.50. The second kappa shape index (κ2) is 5.68. The van der Waals surface area contributed by atoms with Crippen LogP contribution in [0.4, 0.5) is 22.0 Å². The van der Waals surface area contributed by atoms with Gasteiger partial charge in [-0.05, 0) is 31.2 Å². The summed E-state index contributed by atoms with van der Waals surface area (Å²) in [6.45, 7) is -0.173. The third-order valence-corrected chi connectivity index (χ3v) is 3.31. The van der Waals surface area contributed by atoms with E-state index in [-0.39, 0.29) is 29.6 Å². The molecule has 0 amide bonds. The fraction of sp³-hybridized carbons (Fsp3) is 0.400. The van der Waals surface area contributed by atoms with Gasteiger partial charge in [0.15, 0.2) is 0 Å². The highest BCUT2D eigenvalue weighted by molar-refractivity contribution is 8.00. The molecule has 7 heteroatoms. The molecule has 1 aromatic carbocycles. The lowest BCUT2D eigenvalue weighted by Crippen LogP contribution is -2.28. The first kappa shape index (κ1) is 14.2. The lowest BCUT2D eigenvalue weighted by molar-refractivity contribution is -0.129. The molecule has 0 heterocycles. The predicted molar refractivity (Wildman–Crippen MR) is 55.7 cm³/mol. The first-order valence-corrected chi connectivity index (χ1v) is 5.61. The number of alkyl halides is 3. The summed E-state index contributed by atoms with van der Waals surface area (Å²) in [5.41, 5.74) is 5.07. The van der Waals surface area contributed by atoms with Crippen molar-refractivity contribution < 1.29 is 22.0 Å². The van der Waals surface area contributed by atoms with Gasteiger partial charge in [-0.25, -0.2) is 8.78 Å².